The lowest BCUT2D eigenvalue weighted by molar-refractivity contribution is 0.480. The second kappa shape index (κ2) is 6.89. The van der Waals surface area contributed by atoms with E-state index in [1.807, 2.05) is 12.1 Å². The van der Waals surface area contributed by atoms with Crippen LogP contribution in [0, 0.1) is 6.92 Å². The molecule has 1 aromatic heterocycles. The molecule has 3 aromatic rings. The highest BCUT2D eigenvalue weighted by Gasteiger charge is 2.18. The van der Waals surface area contributed by atoms with Crippen molar-refractivity contribution in [1.29, 1.82) is 0 Å². The van der Waals surface area contributed by atoms with E-state index in [0.29, 0.717) is 0 Å². The Labute approximate surface area is 136 Å². The lowest BCUT2D eigenvalue weighted by atomic mass is 10.0. The van der Waals surface area contributed by atoms with Gasteiger partial charge >= 0.3 is 0 Å². The van der Waals surface area contributed by atoms with Crippen LogP contribution >= 0.6 is 11.8 Å². The number of benzene rings is 2. The first-order valence-electron chi connectivity index (χ1n) is 7.70. The Bertz CT molecular complexity index is 729. The molecule has 112 valence electrons. The number of furan rings is 1. The summed E-state index contributed by atoms with van der Waals surface area (Å²) < 4.78 is 6.25. The predicted molar refractivity (Wildman–Crippen MR) is 93.4 cm³/mol. The molecule has 2 heteroatoms. The zero-order valence-corrected chi connectivity index (χ0v) is 13.8. The van der Waals surface area contributed by atoms with Crippen molar-refractivity contribution in [2.75, 3.05) is 0 Å². The molecule has 0 radical (unpaired) electrons. The average Bonchev–Trinajstić information content (AvgIpc) is 2.86. The minimum Gasteiger partial charge on any atom is -0.449 e. The second-order valence-electron chi connectivity index (χ2n) is 5.35. The molecule has 0 saturated heterocycles. The first-order valence-corrected chi connectivity index (χ1v) is 8.52. The summed E-state index contributed by atoms with van der Waals surface area (Å²) in [5, 5.41) is 1.03. The van der Waals surface area contributed by atoms with E-state index in [-0.39, 0.29) is 0 Å². The van der Waals surface area contributed by atoms with Crippen LogP contribution in [0.2, 0.25) is 0 Å². The van der Waals surface area contributed by atoms with Gasteiger partial charge in [0.1, 0.15) is 5.76 Å². The maximum Gasteiger partial charge on any atom is 0.169 e. The minimum atomic E-state index is 1.00. The van der Waals surface area contributed by atoms with Crippen LogP contribution in [0.15, 0.2) is 75.1 Å². The maximum atomic E-state index is 6.25. The van der Waals surface area contributed by atoms with E-state index in [1.54, 1.807) is 11.8 Å². The summed E-state index contributed by atoms with van der Waals surface area (Å²) in [6.07, 6.45) is 2.17. The van der Waals surface area contributed by atoms with Gasteiger partial charge in [-0.3, -0.25) is 0 Å². The Morgan fingerprint density at radius 1 is 0.909 bits per heavy atom. The molecule has 0 amide bonds. The Hall–Kier alpha value is -1.93. The normalized spacial score (nSPS) is 10.8. The fraction of sp³-hybridized carbons (Fsp3) is 0.200. The van der Waals surface area contributed by atoms with Gasteiger partial charge < -0.3 is 4.42 Å². The van der Waals surface area contributed by atoms with Gasteiger partial charge in [0.2, 0.25) is 0 Å². The van der Waals surface area contributed by atoms with Crippen molar-refractivity contribution in [3.63, 3.8) is 0 Å². The van der Waals surface area contributed by atoms with Crippen molar-refractivity contribution in [3.05, 3.63) is 71.8 Å². The third-order valence-electron chi connectivity index (χ3n) is 3.72. The van der Waals surface area contributed by atoms with Crippen LogP contribution in [0.25, 0.3) is 11.3 Å². The van der Waals surface area contributed by atoms with Crippen LogP contribution in [0.1, 0.15) is 24.5 Å². The van der Waals surface area contributed by atoms with Crippen molar-refractivity contribution in [1.82, 2.24) is 0 Å². The van der Waals surface area contributed by atoms with Crippen LogP contribution in [0.3, 0.4) is 0 Å². The van der Waals surface area contributed by atoms with Gasteiger partial charge in [-0.2, -0.15) is 0 Å². The molecule has 1 heterocycles. The van der Waals surface area contributed by atoms with Gasteiger partial charge in [-0.05, 0) is 31.0 Å². The molecule has 0 aliphatic carbocycles. The van der Waals surface area contributed by atoms with Gasteiger partial charge in [0.25, 0.3) is 0 Å². The zero-order chi connectivity index (χ0) is 15.4. The fourth-order valence-corrected chi connectivity index (χ4v) is 3.61. The van der Waals surface area contributed by atoms with Crippen molar-refractivity contribution < 1.29 is 4.42 Å². The van der Waals surface area contributed by atoms with E-state index < -0.39 is 0 Å². The molecular weight excluding hydrogens is 288 g/mol. The van der Waals surface area contributed by atoms with E-state index in [1.165, 1.54) is 16.0 Å². The number of hydrogen-bond acceptors (Lipinski definition) is 2. The van der Waals surface area contributed by atoms with Gasteiger partial charge in [0, 0.05) is 16.0 Å². The van der Waals surface area contributed by atoms with E-state index in [9.17, 15) is 0 Å². The summed E-state index contributed by atoms with van der Waals surface area (Å²) in [5.41, 5.74) is 3.76. The molecule has 2 aromatic carbocycles. The van der Waals surface area contributed by atoms with Gasteiger partial charge in [-0.15, -0.1) is 0 Å². The van der Waals surface area contributed by atoms with Crippen molar-refractivity contribution >= 4 is 11.8 Å². The van der Waals surface area contributed by atoms with Crippen LogP contribution in [0.5, 0.6) is 0 Å². The van der Waals surface area contributed by atoms with Crippen molar-refractivity contribution in [2.24, 2.45) is 0 Å². The molecule has 0 atom stereocenters. The lowest BCUT2D eigenvalue weighted by Gasteiger charge is -2.01. The highest BCUT2D eigenvalue weighted by atomic mass is 32.2. The molecule has 0 spiro atoms. The summed E-state index contributed by atoms with van der Waals surface area (Å²) in [4.78, 5) is 1.22. The topological polar surface area (TPSA) is 13.1 Å². The summed E-state index contributed by atoms with van der Waals surface area (Å²) in [5.74, 6) is 1.00. The quantitative estimate of drug-likeness (QED) is 0.544. The fourth-order valence-electron chi connectivity index (χ4n) is 2.60. The Balaban J connectivity index is 2.02. The van der Waals surface area contributed by atoms with E-state index in [0.717, 1.165) is 29.3 Å². The molecule has 0 fully saturated rings. The highest BCUT2D eigenvalue weighted by Crippen LogP contribution is 2.39. The highest BCUT2D eigenvalue weighted by molar-refractivity contribution is 7.99. The molecule has 3 rings (SSSR count). The van der Waals surface area contributed by atoms with Crippen molar-refractivity contribution in [2.45, 2.75) is 36.7 Å². The van der Waals surface area contributed by atoms with E-state index in [2.05, 4.69) is 62.4 Å². The molecule has 0 aliphatic rings. The maximum absolute atomic E-state index is 6.25. The van der Waals surface area contributed by atoms with Crippen LogP contribution in [0.4, 0.5) is 0 Å². The second-order valence-corrected chi connectivity index (χ2v) is 6.40. The van der Waals surface area contributed by atoms with Gasteiger partial charge in [-0.1, -0.05) is 73.6 Å². The smallest absolute Gasteiger partial charge is 0.169 e. The zero-order valence-electron chi connectivity index (χ0n) is 13.0. The molecular formula is C20H20OS. The Morgan fingerprint density at radius 2 is 1.55 bits per heavy atom. The largest absolute Gasteiger partial charge is 0.449 e. The molecule has 0 N–H and O–H groups in total. The molecule has 0 saturated carbocycles. The Morgan fingerprint density at radius 3 is 2.18 bits per heavy atom. The monoisotopic (exact) mass is 308 g/mol. The predicted octanol–water partition coefficient (Wildman–Crippen LogP) is 6.36. The first kappa shape index (κ1) is 15.0. The summed E-state index contributed by atoms with van der Waals surface area (Å²) in [6, 6.07) is 20.8. The average molecular weight is 308 g/mol. The molecule has 0 aliphatic heterocycles. The third kappa shape index (κ3) is 3.12. The lowest BCUT2D eigenvalue weighted by Crippen LogP contribution is -1.86. The van der Waals surface area contributed by atoms with Crippen molar-refractivity contribution in [3.8, 4) is 11.3 Å². The number of rotatable bonds is 5. The van der Waals surface area contributed by atoms with Crippen LogP contribution in [-0.4, -0.2) is 0 Å². The molecule has 1 nitrogen and oxygen atoms in total. The van der Waals surface area contributed by atoms with Gasteiger partial charge in [0.15, 0.2) is 5.09 Å². The standard InChI is InChI=1S/C20H20OS/c1-3-10-18-15(2)19(16-11-6-4-7-12-16)21-20(18)22-17-13-8-5-9-14-17/h4-9,11-14H,3,10H2,1-2H3. The SMILES string of the molecule is CCCc1c(Sc2ccccc2)oc(-c2ccccc2)c1C. The first-order chi connectivity index (χ1) is 10.8. The molecule has 22 heavy (non-hydrogen) atoms. The van der Waals surface area contributed by atoms with E-state index in [4.69, 9.17) is 4.42 Å². The summed E-state index contributed by atoms with van der Waals surface area (Å²) >= 11 is 1.72. The van der Waals surface area contributed by atoms with Crippen LogP contribution < -0.4 is 0 Å². The van der Waals surface area contributed by atoms with E-state index >= 15 is 0 Å². The minimum absolute atomic E-state index is 1.00. The summed E-state index contributed by atoms with van der Waals surface area (Å²) in [7, 11) is 0. The third-order valence-corrected chi connectivity index (χ3v) is 4.75. The van der Waals surface area contributed by atoms with Gasteiger partial charge in [0.05, 0.1) is 0 Å². The summed E-state index contributed by atoms with van der Waals surface area (Å²) in [6.45, 7) is 4.39. The number of hydrogen-bond donors (Lipinski definition) is 0. The molecule has 0 unspecified atom stereocenters. The van der Waals surface area contributed by atoms with Crippen LogP contribution in [-0.2, 0) is 6.42 Å². The van der Waals surface area contributed by atoms with Gasteiger partial charge in [-0.25, -0.2) is 0 Å². The molecule has 0 bridgehead atoms. The Kier molecular flexibility index (Phi) is 4.69.